The number of aliphatic hydroxyl groups is 1. The monoisotopic (exact) mass is 334 g/mol. The molecule has 0 radical (unpaired) electrons. The first-order chi connectivity index (χ1) is 7.99. The summed E-state index contributed by atoms with van der Waals surface area (Å²) in [4.78, 5) is 1.89. The second-order valence-electron chi connectivity index (χ2n) is 3.63. The Morgan fingerprint density at radius 3 is 2.65 bits per heavy atom. The Kier molecular flexibility index (Phi) is 3.88. The average Bonchev–Trinajstić information content (AvgIpc) is 2.62. The third-order valence-electron chi connectivity index (χ3n) is 2.41. The molecule has 1 aromatic heterocycles. The van der Waals surface area contributed by atoms with Crippen LogP contribution in [-0.4, -0.2) is 5.11 Å². The van der Waals surface area contributed by atoms with Gasteiger partial charge in [-0.2, -0.15) is 0 Å². The molecule has 0 saturated carbocycles. The maximum absolute atomic E-state index is 13.0. The van der Waals surface area contributed by atoms with Crippen molar-refractivity contribution in [3.63, 3.8) is 0 Å². The van der Waals surface area contributed by atoms with Crippen LogP contribution in [0.5, 0.6) is 0 Å². The summed E-state index contributed by atoms with van der Waals surface area (Å²) in [6.07, 6.45) is -0.775. The zero-order valence-electron chi connectivity index (χ0n) is 8.88. The molecule has 0 aliphatic carbocycles. The lowest BCUT2D eigenvalue weighted by molar-refractivity contribution is 0.224. The second-order valence-corrected chi connectivity index (χ2v) is 6.18. The molecule has 0 aliphatic heterocycles. The molecule has 90 valence electrons. The third kappa shape index (κ3) is 2.71. The van der Waals surface area contributed by atoms with Crippen LogP contribution in [0.1, 0.15) is 21.4 Å². The quantitative estimate of drug-likeness (QED) is 0.844. The van der Waals surface area contributed by atoms with Gasteiger partial charge in [0.15, 0.2) is 0 Å². The van der Waals surface area contributed by atoms with Crippen LogP contribution >= 0.6 is 38.9 Å². The average molecular weight is 336 g/mol. The van der Waals surface area contributed by atoms with Gasteiger partial charge in [-0.25, -0.2) is 4.39 Å². The lowest BCUT2D eigenvalue weighted by Gasteiger charge is -2.09. The zero-order chi connectivity index (χ0) is 12.6. The van der Waals surface area contributed by atoms with E-state index in [9.17, 15) is 9.50 Å². The van der Waals surface area contributed by atoms with E-state index in [4.69, 9.17) is 11.6 Å². The van der Waals surface area contributed by atoms with Crippen LogP contribution in [0, 0.1) is 12.7 Å². The fourth-order valence-corrected chi connectivity index (χ4v) is 3.23. The Labute approximate surface area is 116 Å². The second kappa shape index (κ2) is 5.06. The van der Waals surface area contributed by atoms with E-state index in [-0.39, 0.29) is 5.02 Å². The smallest absolute Gasteiger partial charge is 0.141 e. The molecule has 1 heterocycles. The van der Waals surface area contributed by atoms with Gasteiger partial charge in [0.2, 0.25) is 0 Å². The molecule has 2 rings (SSSR count). The molecule has 5 heteroatoms. The molecule has 0 fully saturated rings. The van der Waals surface area contributed by atoms with Gasteiger partial charge in [0.05, 0.1) is 5.02 Å². The molecular weight excluding hydrogens is 327 g/mol. The van der Waals surface area contributed by atoms with Crippen molar-refractivity contribution in [2.45, 2.75) is 13.0 Å². The predicted octanol–water partition coefficient (Wildman–Crippen LogP) is 4.69. The van der Waals surface area contributed by atoms with Crippen molar-refractivity contribution >= 4 is 38.9 Å². The first kappa shape index (κ1) is 13.0. The summed E-state index contributed by atoms with van der Waals surface area (Å²) in [6.45, 7) is 1.96. The topological polar surface area (TPSA) is 20.2 Å². The van der Waals surface area contributed by atoms with Gasteiger partial charge < -0.3 is 5.11 Å². The molecule has 0 bridgehead atoms. The fraction of sp³-hybridized carbons (Fsp3) is 0.167. The van der Waals surface area contributed by atoms with E-state index in [1.54, 1.807) is 0 Å². The van der Waals surface area contributed by atoms with Crippen LogP contribution in [0.25, 0.3) is 0 Å². The SMILES string of the molecule is Cc1sc(C(O)c2ccc(F)c(Cl)c2)cc1Br. The summed E-state index contributed by atoms with van der Waals surface area (Å²) in [6, 6.07) is 6.11. The van der Waals surface area contributed by atoms with Gasteiger partial charge in [0.25, 0.3) is 0 Å². The summed E-state index contributed by atoms with van der Waals surface area (Å²) in [5, 5.41) is 10.2. The minimum atomic E-state index is -0.775. The number of thiophene rings is 1. The van der Waals surface area contributed by atoms with Crippen LogP contribution in [-0.2, 0) is 0 Å². The molecule has 17 heavy (non-hydrogen) atoms. The number of rotatable bonds is 2. The van der Waals surface area contributed by atoms with Crippen molar-refractivity contribution in [2.75, 3.05) is 0 Å². The molecule has 0 spiro atoms. The Balaban J connectivity index is 2.36. The number of aliphatic hydroxyl groups excluding tert-OH is 1. The van der Waals surface area contributed by atoms with Gasteiger partial charge >= 0.3 is 0 Å². The van der Waals surface area contributed by atoms with Gasteiger partial charge in [0.1, 0.15) is 11.9 Å². The summed E-state index contributed by atoms with van der Waals surface area (Å²) >= 11 is 10.6. The van der Waals surface area contributed by atoms with Gasteiger partial charge in [-0.15, -0.1) is 11.3 Å². The van der Waals surface area contributed by atoms with Gasteiger partial charge in [-0.3, -0.25) is 0 Å². The van der Waals surface area contributed by atoms with Crippen molar-refractivity contribution < 1.29 is 9.50 Å². The number of benzene rings is 1. The number of hydrogen-bond acceptors (Lipinski definition) is 2. The van der Waals surface area contributed by atoms with E-state index in [1.807, 2.05) is 13.0 Å². The molecule has 1 unspecified atom stereocenters. The van der Waals surface area contributed by atoms with Gasteiger partial charge in [0, 0.05) is 14.2 Å². The van der Waals surface area contributed by atoms with Crippen LogP contribution in [0.15, 0.2) is 28.7 Å². The van der Waals surface area contributed by atoms with Crippen molar-refractivity contribution in [3.05, 3.63) is 54.9 Å². The molecular formula is C12H9BrClFOS. The lowest BCUT2D eigenvalue weighted by Crippen LogP contribution is -1.97. The van der Waals surface area contributed by atoms with E-state index < -0.39 is 11.9 Å². The Morgan fingerprint density at radius 1 is 1.41 bits per heavy atom. The molecule has 1 nitrogen and oxygen atoms in total. The maximum atomic E-state index is 13.0. The van der Waals surface area contributed by atoms with Gasteiger partial charge in [-0.05, 0) is 46.6 Å². The zero-order valence-corrected chi connectivity index (χ0v) is 12.0. The summed E-state index contributed by atoms with van der Waals surface area (Å²) in [7, 11) is 0. The first-order valence-corrected chi connectivity index (χ1v) is 6.86. The number of halogens is 3. The van der Waals surface area contributed by atoms with E-state index in [1.165, 1.54) is 29.5 Å². The highest BCUT2D eigenvalue weighted by Crippen LogP contribution is 2.34. The van der Waals surface area contributed by atoms with Crippen LogP contribution in [0.4, 0.5) is 4.39 Å². The number of hydrogen-bond donors (Lipinski definition) is 1. The van der Waals surface area contributed by atoms with Crippen LogP contribution in [0.3, 0.4) is 0 Å². The highest BCUT2D eigenvalue weighted by molar-refractivity contribution is 9.10. The fourth-order valence-electron chi connectivity index (χ4n) is 1.46. The summed E-state index contributed by atoms with van der Waals surface area (Å²) < 4.78 is 14.0. The highest BCUT2D eigenvalue weighted by Gasteiger charge is 2.15. The maximum Gasteiger partial charge on any atom is 0.141 e. The molecule has 0 aliphatic rings. The highest BCUT2D eigenvalue weighted by atomic mass is 79.9. The number of aryl methyl sites for hydroxylation is 1. The molecule has 1 aromatic carbocycles. The van der Waals surface area contributed by atoms with E-state index in [0.717, 1.165) is 14.2 Å². The molecule has 0 amide bonds. The lowest BCUT2D eigenvalue weighted by atomic mass is 10.1. The predicted molar refractivity (Wildman–Crippen MR) is 72.2 cm³/mol. The van der Waals surface area contributed by atoms with Crippen molar-refractivity contribution in [2.24, 2.45) is 0 Å². The first-order valence-electron chi connectivity index (χ1n) is 4.88. The van der Waals surface area contributed by atoms with E-state index in [2.05, 4.69) is 15.9 Å². The van der Waals surface area contributed by atoms with E-state index in [0.29, 0.717) is 5.56 Å². The molecule has 1 N–H and O–H groups in total. The standard InChI is InChI=1S/C12H9BrClFOS/c1-6-8(13)5-11(17-6)12(16)7-2-3-10(15)9(14)4-7/h2-5,12,16H,1H3. The molecule has 0 saturated heterocycles. The van der Waals surface area contributed by atoms with Crippen LogP contribution < -0.4 is 0 Å². The Hall–Kier alpha value is -0.420. The Bertz CT molecular complexity index is 536. The third-order valence-corrected chi connectivity index (χ3v) is 4.88. The minimum Gasteiger partial charge on any atom is -0.383 e. The summed E-state index contributed by atoms with van der Waals surface area (Å²) in [5.41, 5.74) is 0.588. The Morgan fingerprint density at radius 2 is 2.12 bits per heavy atom. The van der Waals surface area contributed by atoms with Gasteiger partial charge in [-0.1, -0.05) is 17.7 Å². The molecule has 1 atom stereocenters. The largest absolute Gasteiger partial charge is 0.383 e. The van der Waals surface area contributed by atoms with E-state index >= 15 is 0 Å². The molecule has 2 aromatic rings. The normalized spacial score (nSPS) is 12.8. The van der Waals surface area contributed by atoms with Crippen molar-refractivity contribution in [3.8, 4) is 0 Å². The van der Waals surface area contributed by atoms with Crippen molar-refractivity contribution in [1.82, 2.24) is 0 Å². The van der Waals surface area contributed by atoms with Crippen molar-refractivity contribution in [1.29, 1.82) is 0 Å². The summed E-state index contributed by atoms with van der Waals surface area (Å²) in [5.74, 6) is -0.480. The van der Waals surface area contributed by atoms with Crippen LogP contribution in [0.2, 0.25) is 5.02 Å². The minimum absolute atomic E-state index is 0.0221.